The van der Waals surface area contributed by atoms with Gasteiger partial charge in [0, 0.05) is 17.9 Å². The largest absolute Gasteiger partial charge is 0.508 e. The van der Waals surface area contributed by atoms with Gasteiger partial charge < -0.3 is 9.84 Å². The molecule has 9 rings (SSSR count). The van der Waals surface area contributed by atoms with E-state index in [-0.39, 0.29) is 18.7 Å². The fraction of sp³-hybridized carbons (Fsp3) is 0.200. The van der Waals surface area contributed by atoms with Crippen LogP contribution in [-0.2, 0) is 28.0 Å². The molecule has 3 aliphatic heterocycles. The number of hydrogen-bond donors (Lipinski definition) is 2. The second-order valence-electron chi connectivity index (χ2n) is 13.6. The van der Waals surface area contributed by atoms with E-state index in [0.29, 0.717) is 34.7 Å². The topological polar surface area (TPSA) is 128 Å². The molecule has 1 saturated carbocycles. The predicted octanol–water partition coefficient (Wildman–Crippen LogP) is 4.78. The van der Waals surface area contributed by atoms with E-state index in [4.69, 9.17) is 4.74 Å². The number of amides is 2. The van der Waals surface area contributed by atoms with Crippen LogP contribution in [0, 0.1) is 18.8 Å². The van der Waals surface area contributed by atoms with Gasteiger partial charge in [0.1, 0.15) is 11.5 Å². The molecule has 4 aliphatic rings. The lowest BCUT2D eigenvalue weighted by Gasteiger charge is -2.49. The van der Waals surface area contributed by atoms with E-state index in [1.165, 1.54) is 9.36 Å². The number of nitrogens with zero attached hydrogens (tertiary/aromatic N) is 4. The number of carbonyl (C=O) groups excluding carboxylic acids is 2. The average Bonchev–Trinajstić information content (AvgIpc) is 3.53. The first kappa shape index (κ1) is 30.7. The lowest BCUT2D eigenvalue weighted by Crippen LogP contribution is -2.55. The molecule has 0 radical (unpaired) electrons. The van der Waals surface area contributed by atoms with Gasteiger partial charge in [-0.2, -0.15) is 5.01 Å². The third kappa shape index (κ3) is 4.43. The SMILES string of the molecule is Cc1ccc(NN2C(=O)[C@@H]3C[C@@H]4C(=CCn5c(=O)n(-c6ccccc6)c(=O)n54)[C@H](C4=COc5ccc(O)cc5C4)[C@]3(c3ccccc3)C2=O)cc1. The number of aryl methyl sites for hydroxylation is 1. The van der Waals surface area contributed by atoms with Gasteiger partial charge in [-0.25, -0.2) is 23.5 Å². The van der Waals surface area contributed by atoms with Gasteiger partial charge in [0.05, 0.1) is 41.6 Å². The molecule has 11 heteroatoms. The number of phenolic OH excluding ortho intramolecular Hbond substituents is 1. The van der Waals surface area contributed by atoms with Crippen LogP contribution in [0.4, 0.5) is 5.69 Å². The monoisotopic (exact) mass is 679 g/mol. The molecule has 5 aromatic rings. The molecule has 11 nitrogen and oxygen atoms in total. The molecule has 0 bridgehead atoms. The fourth-order valence-electron chi connectivity index (χ4n) is 8.62. The average molecular weight is 680 g/mol. The van der Waals surface area contributed by atoms with Crippen LogP contribution in [0.1, 0.15) is 29.2 Å². The van der Waals surface area contributed by atoms with E-state index in [1.807, 2.05) is 73.7 Å². The van der Waals surface area contributed by atoms with Crippen LogP contribution >= 0.6 is 0 Å². The highest BCUT2D eigenvalue weighted by Crippen LogP contribution is 2.61. The Kier molecular flexibility index (Phi) is 6.82. The number of hydrazine groups is 1. The molecule has 51 heavy (non-hydrogen) atoms. The van der Waals surface area contributed by atoms with Crippen molar-refractivity contribution in [1.29, 1.82) is 0 Å². The molecule has 0 spiro atoms. The van der Waals surface area contributed by atoms with Crippen LogP contribution in [0.3, 0.4) is 0 Å². The van der Waals surface area contributed by atoms with Crippen LogP contribution in [0.15, 0.2) is 136 Å². The maximum atomic E-state index is 15.3. The summed E-state index contributed by atoms with van der Waals surface area (Å²) in [6.07, 6.45) is 3.98. The molecule has 4 heterocycles. The van der Waals surface area contributed by atoms with Crippen LogP contribution in [0.25, 0.3) is 5.69 Å². The maximum Gasteiger partial charge on any atom is 0.352 e. The summed E-state index contributed by atoms with van der Waals surface area (Å²) in [6.45, 7) is 2.05. The minimum Gasteiger partial charge on any atom is -0.508 e. The zero-order chi connectivity index (χ0) is 35.0. The zero-order valence-electron chi connectivity index (χ0n) is 27.6. The quantitative estimate of drug-likeness (QED) is 0.202. The van der Waals surface area contributed by atoms with Gasteiger partial charge in [-0.15, -0.1) is 0 Å². The summed E-state index contributed by atoms with van der Waals surface area (Å²) < 4.78 is 10.2. The first-order chi connectivity index (χ1) is 24.8. The normalized spacial score (nSPS) is 23.3. The molecule has 1 aromatic heterocycles. The van der Waals surface area contributed by atoms with Crippen molar-refractivity contribution in [3.63, 3.8) is 0 Å². The van der Waals surface area contributed by atoms with Crippen molar-refractivity contribution < 1.29 is 19.4 Å². The van der Waals surface area contributed by atoms with Gasteiger partial charge >= 0.3 is 11.4 Å². The predicted molar refractivity (Wildman–Crippen MR) is 188 cm³/mol. The Balaban J connectivity index is 1.27. The number of ether oxygens (including phenoxy) is 1. The fourth-order valence-corrected chi connectivity index (χ4v) is 8.62. The van der Waals surface area contributed by atoms with Crippen molar-refractivity contribution >= 4 is 17.5 Å². The van der Waals surface area contributed by atoms with Gasteiger partial charge in [-0.1, -0.05) is 72.3 Å². The third-order valence-corrected chi connectivity index (χ3v) is 10.8. The summed E-state index contributed by atoms with van der Waals surface area (Å²) in [6, 6.07) is 29.7. The Hall–Kier alpha value is -6.36. The molecular formula is C40H33N5O6. The van der Waals surface area contributed by atoms with Crippen LogP contribution in [-0.4, -0.2) is 35.9 Å². The number of benzene rings is 4. The van der Waals surface area contributed by atoms with Crippen molar-refractivity contribution in [1.82, 2.24) is 18.9 Å². The first-order valence-electron chi connectivity index (χ1n) is 16.9. The van der Waals surface area contributed by atoms with E-state index >= 15 is 4.79 Å². The number of rotatable bonds is 5. The lowest BCUT2D eigenvalue weighted by molar-refractivity contribution is -0.138. The van der Waals surface area contributed by atoms with E-state index in [0.717, 1.165) is 26.3 Å². The number of aromatic nitrogens is 3. The molecule has 0 unspecified atom stereocenters. The third-order valence-electron chi connectivity index (χ3n) is 10.8. The van der Waals surface area contributed by atoms with E-state index < -0.39 is 46.5 Å². The number of carbonyl (C=O) groups is 2. The number of nitrogens with one attached hydrogen (secondary N) is 1. The number of para-hydroxylation sites is 1. The van der Waals surface area contributed by atoms with E-state index in [1.54, 1.807) is 48.7 Å². The summed E-state index contributed by atoms with van der Waals surface area (Å²) >= 11 is 0. The molecule has 1 aliphatic carbocycles. The molecule has 2 fully saturated rings. The van der Waals surface area contributed by atoms with Crippen LogP contribution in [0.2, 0.25) is 0 Å². The highest BCUT2D eigenvalue weighted by molar-refractivity contribution is 6.12. The number of allylic oxidation sites excluding steroid dienone is 3. The molecule has 2 amide bonds. The first-order valence-corrected chi connectivity index (χ1v) is 16.9. The molecular weight excluding hydrogens is 646 g/mol. The minimum absolute atomic E-state index is 0.0751. The Morgan fingerprint density at radius 1 is 0.863 bits per heavy atom. The highest BCUT2D eigenvalue weighted by Gasteiger charge is 2.69. The number of hydrogen-bond acceptors (Lipinski definition) is 7. The summed E-state index contributed by atoms with van der Waals surface area (Å²) in [5, 5.41) is 11.5. The van der Waals surface area contributed by atoms with Crippen molar-refractivity contribution in [3.8, 4) is 17.2 Å². The summed E-state index contributed by atoms with van der Waals surface area (Å²) in [5.74, 6) is -1.89. The number of anilines is 1. The second kappa shape index (κ2) is 11.3. The number of fused-ring (bicyclic) bond motifs is 5. The van der Waals surface area contributed by atoms with Crippen molar-refractivity contribution in [2.24, 2.45) is 11.8 Å². The van der Waals surface area contributed by atoms with Gasteiger partial charge in [0.15, 0.2) is 0 Å². The molecule has 4 atom stereocenters. The number of phenols is 1. The highest BCUT2D eigenvalue weighted by atomic mass is 16.5. The summed E-state index contributed by atoms with van der Waals surface area (Å²) in [4.78, 5) is 58.3. The van der Waals surface area contributed by atoms with Gasteiger partial charge in [0.2, 0.25) is 0 Å². The molecule has 1 saturated heterocycles. The van der Waals surface area contributed by atoms with E-state index in [2.05, 4.69) is 5.43 Å². The van der Waals surface area contributed by atoms with Crippen LogP contribution < -0.4 is 21.5 Å². The van der Waals surface area contributed by atoms with Gasteiger partial charge in [0.25, 0.3) is 11.8 Å². The Morgan fingerprint density at radius 3 is 2.33 bits per heavy atom. The van der Waals surface area contributed by atoms with Gasteiger partial charge in [-0.05, 0) is 72.5 Å². The molecule has 254 valence electrons. The van der Waals surface area contributed by atoms with Crippen molar-refractivity contribution in [3.05, 3.63) is 164 Å². The smallest absolute Gasteiger partial charge is 0.352 e. The Labute approximate surface area is 291 Å². The molecule has 4 aromatic carbocycles. The maximum absolute atomic E-state index is 15.3. The zero-order valence-corrected chi connectivity index (χ0v) is 27.6. The van der Waals surface area contributed by atoms with Crippen molar-refractivity contribution in [2.75, 3.05) is 5.43 Å². The summed E-state index contributed by atoms with van der Waals surface area (Å²) in [5.41, 5.74) is 5.55. The lowest BCUT2D eigenvalue weighted by atomic mass is 9.52. The van der Waals surface area contributed by atoms with Gasteiger partial charge in [-0.3, -0.25) is 15.0 Å². The van der Waals surface area contributed by atoms with E-state index in [9.17, 15) is 19.5 Å². The number of imide groups is 1. The Morgan fingerprint density at radius 2 is 1.59 bits per heavy atom. The molecule has 2 N–H and O–H groups in total. The standard InChI is InChI=1S/C40H33N5O6/c1-24-12-14-28(15-13-24)41-44-36(47)32-22-33-31(18-19-42-38(49)43(39(50)45(33)42)29-10-6-3-7-11-29)35(40(32,37(44)48)27-8-4-2-5-9-27)26-20-25-21-30(46)16-17-34(25)51-23-26/h2-18,21,23,32-33,35,41,46H,19-20,22H2,1H3/t32-,33+,35-,40+/m0/s1. The Bertz CT molecular complexity index is 2430. The summed E-state index contributed by atoms with van der Waals surface area (Å²) in [7, 11) is 0. The minimum atomic E-state index is -1.43. The number of aromatic hydroxyl groups is 1. The second-order valence-corrected chi connectivity index (χ2v) is 13.6. The van der Waals surface area contributed by atoms with Crippen molar-refractivity contribution in [2.45, 2.75) is 37.8 Å². The van der Waals surface area contributed by atoms with Crippen LogP contribution in [0.5, 0.6) is 11.5 Å².